The van der Waals surface area contributed by atoms with Crippen LogP contribution in [0.4, 0.5) is 4.39 Å². The van der Waals surface area contributed by atoms with Crippen LogP contribution in [0.1, 0.15) is 0 Å². The Labute approximate surface area is 43.6 Å². The fraction of sp³-hybridized carbons (Fsp3) is 0. The number of rotatable bonds is 0. The average molecular weight is 123 g/mol. The van der Waals surface area contributed by atoms with Crippen LogP contribution in [0.3, 0.4) is 0 Å². The van der Waals surface area contributed by atoms with Crippen molar-refractivity contribution in [3.8, 4) is 0 Å². The first-order chi connectivity index (χ1) is 2.89. The van der Waals surface area contributed by atoms with Gasteiger partial charge in [-0.3, -0.25) is 0 Å². The molecule has 0 radical (unpaired) electrons. The van der Waals surface area contributed by atoms with Gasteiger partial charge in [0.25, 0.3) is 0 Å². The Balaban J connectivity index is 2.45. The summed E-state index contributed by atoms with van der Waals surface area (Å²) in [5, 5.41) is 1.27. The van der Waals surface area contributed by atoms with E-state index in [0.717, 1.165) is 11.9 Å². The third-order valence-corrected chi connectivity index (χ3v) is 1.84. The fourth-order valence-corrected chi connectivity index (χ4v) is 1.29. The first kappa shape index (κ1) is 4.49. The molecule has 1 aliphatic heterocycles. The second kappa shape index (κ2) is 1.86. The Kier molecular flexibility index (Phi) is 1.39. The Morgan fingerprint density at radius 1 is 1.83 bits per heavy atom. The molecule has 0 atom stereocenters. The molecule has 0 saturated carbocycles. The topological polar surface area (TPSA) is 12.0 Å². The summed E-state index contributed by atoms with van der Waals surface area (Å²) in [5.74, 6) is 0. The highest BCUT2D eigenvalue weighted by molar-refractivity contribution is 8.18. The van der Waals surface area contributed by atoms with Crippen LogP contribution in [-0.4, -0.2) is 0 Å². The van der Waals surface area contributed by atoms with Crippen LogP contribution in [-0.2, 0) is 0 Å². The van der Waals surface area contributed by atoms with Gasteiger partial charge in [-0.25, -0.2) is 0 Å². The van der Waals surface area contributed by atoms with Crippen LogP contribution in [0.15, 0.2) is 10.6 Å². The van der Waals surface area contributed by atoms with Crippen LogP contribution in [0.2, 0.25) is 0 Å². The van der Waals surface area contributed by atoms with Gasteiger partial charge in [-0.1, -0.05) is 0 Å². The zero-order valence-corrected chi connectivity index (χ0v) is 4.40. The number of halogens is 1. The summed E-state index contributed by atoms with van der Waals surface area (Å²) in [6, 6.07) is 0. The second-order valence-electron chi connectivity index (χ2n) is 0.725. The maximum absolute atomic E-state index is 11.7. The lowest BCUT2D eigenvalue weighted by Crippen LogP contribution is -1.74. The lowest BCUT2D eigenvalue weighted by atomic mass is 11.2. The summed E-state index contributed by atoms with van der Waals surface area (Å²) in [6.07, 6.45) is 0. The van der Waals surface area contributed by atoms with Gasteiger partial charge in [-0.15, -0.1) is 0 Å². The maximum atomic E-state index is 11.7. The molecule has 1 rings (SSSR count). The molecule has 6 heavy (non-hydrogen) atoms. The molecule has 0 unspecified atom stereocenters. The minimum atomic E-state index is -0.153. The summed E-state index contributed by atoms with van der Waals surface area (Å²) in [5.41, 5.74) is 0. The minimum absolute atomic E-state index is 0.153. The molecule has 1 N–H and O–H groups in total. The largest absolute Gasteiger partial charge is 0.198 e. The molecular weight excluding hydrogens is 121 g/mol. The molecule has 0 bridgehead atoms. The summed E-state index contributed by atoms with van der Waals surface area (Å²) in [4.78, 5) is 0. The van der Waals surface area contributed by atoms with Crippen molar-refractivity contribution in [3.63, 3.8) is 0 Å². The molecular formula is C2H2FNS2. The Morgan fingerprint density at radius 3 is 2.83 bits per heavy atom. The summed E-state index contributed by atoms with van der Waals surface area (Å²) in [7, 11) is 0. The maximum Gasteiger partial charge on any atom is 0.179 e. The van der Waals surface area contributed by atoms with Crippen LogP contribution < -0.4 is 4.13 Å². The van der Waals surface area contributed by atoms with E-state index in [4.69, 9.17) is 0 Å². The van der Waals surface area contributed by atoms with E-state index < -0.39 is 0 Å². The van der Waals surface area contributed by atoms with Gasteiger partial charge >= 0.3 is 0 Å². The number of nitrogens with one attached hydrogen (secondary N) is 1. The summed E-state index contributed by atoms with van der Waals surface area (Å²) < 4.78 is 14.3. The van der Waals surface area contributed by atoms with Crippen molar-refractivity contribution < 1.29 is 4.39 Å². The van der Waals surface area contributed by atoms with E-state index in [1.54, 1.807) is 0 Å². The highest BCUT2D eigenvalue weighted by atomic mass is 32.2. The van der Waals surface area contributed by atoms with E-state index in [0.29, 0.717) is 0 Å². The molecule has 0 aromatic heterocycles. The molecule has 0 amide bonds. The van der Waals surface area contributed by atoms with Crippen molar-refractivity contribution in [1.82, 2.24) is 4.13 Å². The molecule has 1 aliphatic rings. The predicted octanol–water partition coefficient (Wildman–Crippen LogP) is 1.65. The highest BCUT2D eigenvalue weighted by Crippen LogP contribution is 2.25. The van der Waals surface area contributed by atoms with E-state index in [2.05, 4.69) is 4.13 Å². The van der Waals surface area contributed by atoms with E-state index in [1.165, 1.54) is 17.4 Å². The van der Waals surface area contributed by atoms with Crippen molar-refractivity contribution in [2.45, 2.75) is 0 Å². The smallest absolute Gasteiger partial charge is 0.179 e. The second-order valence-corrected chi connectivity index (χ2v) is 2.46. The SMILES string of the molecule is FC1=CSNS1. The van der Waals surface area contributed by atoms with E-state index in [-0.39, 0.29) is 5.16 Å². The van der Waals surface area contributed by atoms with Crippen LogP contribution in [0.5, 0.6) is 0 Å². The van der Waals surface area contributed by atoms with E-state index >= 15 is 0 Å². The molecule has 4 heteroatoms. The summed E-state index contributed by atoms with van der Waals surface area (Å²) in [6.45, 7) is 0. The Bertz CT molecular complexity index is 81.6. The minimum Gasteiger partial charge on any atom is -0.198 e. The Morgan fingerprint density at radius 2 is 2.67 bits per heavy atom. The molecule has 0 saturated heterocycles. The number of hydrogen-bond donors (Lipinski definition) is 1. The third-order valence-electron chi connectivity index (χ3n) is 0.339. The molecule has 1 nitrogen and oxygen atoms in total. The summed E-state index contributed by atoms with van der Waals surface area (Å²) >= 11 is 2.26. The molecule has 1 heterocycles. The van der Waals surface area contributed by atoms with Gasteiger partial charge in [-0.2, -0.15) is 8.52 Å². The zero-order valence-electron chi connectivity index (χ0n) is 2.77. The fourth-order valence-electron chi connectivity index (χ4n) is 0.158. The van der Waals surface area contributed by atoms with Crippen LogP contribution in [0, 0.1) is 0 Å². The standard InChI is InChI=1S/C2H2FNS2/c3-2-1-5-4-6-2/h1,4H. The predicted molar refractivity (Wildman–Crippen MR) is 27.5 cm³/mol. The molecule has 0 fully saturated rings. The number of hydrogen-bond acceptors (Lipinski definition) is 3. The van der Waals surface area contributed by atoms with Crippen molar-refractivity contribution in [1.29, 1.82) is 0 Å². The van der Waals surface area contributed by atoms with Gasteiger partial charge in [0.1, 0.15) is 0 Å². The van der Waals surface area contributed by atoms with E-state index in [1.807, 2.05) is 0 Å². The van der Waals surface area contributed by atoms with Crippen molar-refractivity contribution in [3.05, 3.63) is 10.6 Å². The third kappa shape index (κ3) is 0.894. The van der Waals surface area contributed by atoms with Gasteiger partial charge < -0.3 is 0 Å². The van der Waals surface area contributed by atoms with Crippen molar-refractivity contribution >= 4 is 23.9 Å². The van der Waals surface area contributed by atoms with Crippen molar-refractivity contribution in [2.75, 3.05) is 0 Å². The molecule has 0 aliphatic carbocycles. The van der Waals surface area contributed by atoms with Gasteiger partial charge in [-0.05, 0) is 23.9 Å². The van der Waals surface area contributed by atoms with Crippen molar-refractivity contribution in [2.24, 2.45) is 0 Å². The van der Waals surface area contributed by atoms with E-state index in [9.17, 15) is 4.39 Å². The quantitative estimate of drug-likeness (QED) is 0.492. The monoisotopic (exact) mass is 123 g/mol. The van der Waals surface area contributed by atoms with Crippen LogP contribution in [0.25, 0.3) is 0 Å². The van der Waals surface area contributed by atoms with Gasteiger partial charge in [0.15, 0.2) is 5.16 Å². The van der Waals surface area contributed by atoms with Gasteiger partial charge in [0.05, 0.1) is 0 Å². The van der Waals surface area contributed by atoms with Gasteiger partial charge in [0, 0.05) is 5.41 Å². The molecule has 0 spiro atoms. The average Bonchev–Trinajstić information content (AvgIpc) is 1.86. The van der Waals surface area contributed by atoms with Gasteiger partial charge in [0.2, 0.25) is 0 Å². The molecule has 0 aromatic rings. The normalized spacial score (nSPS) is 21.2. The first-order valence-electron chi connectivity index (χ1n) is 1.33. The molecule has 0 aromatic carbocycles. The van der Waals surface area contributed by atoms with Crippen LogP contribution >= 0.6 is 23.9 Å². The first-order valence-corrected chi connectivity index (χ1v) is 3.02. The lowest BCUT2D eigenvalue weighted by Gasteiger charge is -1.77. The lowest BCUT2D eigenvalue weighted by molar-refractivity contribution is 0.703. The highest BCUT2D eigenvalue weighted by Gasteiger charge is 2.00. The zero-order chi connectivity index (χ0) is 4.41. The molecule has 34 valence electrons. The Hall–Kier alpha value is 0.330.